The zero-order chi connectivity index (χ0) is 24.7. The fourth-order valence-corrected chi connectivity index (χ4v) is 3.54. The van der Waals surface area contributed by atoms with Crippen LogP contribution in [0.25, 0.3) is 0 Å². The number of carbonyl (C=O) groups excluding carboxylic acids is 4. The molecule has 4 amide bonds. The molecule has 35 heavy (non-hydrogen) atoms. The molecule has 2 aromatic carbocycles. The molecule has 0 aromatic heterocycles. The van der Waals surface area contributed by atoms with E-state index in [1.807, 2.05) is 0 Å². The van der Waals surface area contributed by atoms with Gasteiger partial charge in [-0.3, -0.25) is 9.59 Å². The summed E-state index contributed by atoms with van der Waals surface area (Å²) in [5, 5.41) is 2.76. The number of esters is 1. The van der Waals surface area contributed by atoms with Gasteiger partial charge < -0.3 is 26.4 Å². The number of urea groups is 1. The van der Waals surface area contributed by atoms with Crippen molar-refractivity contribution in [3.05, 3.63) is 65.7 Å². The summed E-state index contributed by atoms with van der Waals surface area (Å²) in [4.78, 5) is 56.4. The van der Waals surface area contributed by atoms with Crippen molar-refractivity contribution in [3.8, 4) is 0 Å². The number of aliphatic imine (C=N–C) groups is 1. The Morgan fingerprint density at radius 2 is 1.74 bits per heavy atom. The molecule has 1 heterocycles. The number of ether oxygens (including phenoxy) is 1. The molecule has 0 saturated carbocycles. The number of nitrogens with one attached hydrogen (secondary N) is 1. The summed E-state index contributed by atoms with van der Waals surface area (Å²) in [6.45, 7) is 0.360. The van der Waals surface area contributed by atoms with E-state index < -0.39 is 23.9 Å². The first-order valence-corrected chi connectivity index (χ1v) is 10.5. The van der Waals surface area contributed by atoms with Gasteiger partial charge in [0.15, 0.2) is 12.0 Å². The third kappa shape index (κ3) is 6.70. The van der Waals surface area contributed by atoms with Crippen molar-refractivity contribution in [2.75, 3.05) is 26.7 Å². The average molecular weight is 503 g/mol. The van der Waals surface area contributed by atoms with Crippen LogP contribution in [0.2, 0.25) is 0 Å². The summed E-state index contributed by atoms with van der Waals surface area (Å²) >= 11 is 0. The third-order valence-electron chi connectivity index (χ3n) is 5.15. The fraction of sp³-hybridized carbons (Fsp3) is 0.261. The molecule has 1 aliphatic rings. The lowest BCUT2D eigenvalue weighted by Crippen LogP contribution is -2.41. The Morgan fingerprint density at radius 1 is 1.09 bits per heavy atom. The van der Waals surface area contributed by atoms with Crippen LogP contribution in [0.4, 0.5) is 10.5 Å². The highest BCUT2D eigenvalue weighted by atomic mass is 35.5. The smallest absolute Gasteiger partial charge is 0.333 e. The predicted molar refractivity (Wildman–Crippen MR) is 131 cm³/mol. The molecular formula is C23H27ClN6O5. The summed E-state index contributed by atoms with van der Waals surface area (Å²) in [6, 6.07) is 13.2. The van der Waals surface area contributed by atoms with E-state index in [1.54, 1.807) is 54.6 Å². The number of nitrogens with zero attached hydrogens (tertiary/aromatic N) is 3. The molecule has 11 nitrogen and oxygen atoms in total. The van der Waals surface area contributed by atoms with Crippen LogP contribution in [0, 0.1) is 0 Å². The Balaban J connectivity index is 0.00000432. The van der Waals surface area contributed by atoms with E-state index in [0.717, 1.165) is 4.90 Å². The van der Waals surface area contributed by atoms with E-state index >= 15 is 0 Å². The van der Waals surface area contributed by atoms with Crippen molar-refractivity contribution >= 4 is 47.9 Å². The van der Waals surface area contributed by atoms with Gasteiger partial charge in [0.1, 0.15) is 6.54 Å². The summed E-state index contributed by atoms with van der Waals surface area (Å²) in [6.07, 6.45) is 0.416. The van der Waals surface area contributed by atoms with Gasteiger partial charge in [-0.05, 0) is 36.2 Å². The normalized spacial score (nSPS) is 13.6. The summed E-state index contributed by atoms with van der Waals surface area (Å²) in [5.74, 6) is -1.56. The molecule has 0 aliphatic carbocycles. The number of nitrogens with two attached hydrogens (primary N) is 2. The summed E-state index contributed by atoms with van der Waals surface area (Å²) in [5.41, 5.74) is 12.1. The van der Waals surface area contributed by atoms with Gasteiger partial charge in [-0.2, -0.15) is 0 Å². The highest BCUT2D eigenvalue weighted by Gasteiger charge is 2.44. The molecule has 1 atom stereocenters. The average Bonchev–Trinajstić information content (AvgIpc) is 3.10. The summed E-state index contributed by atoms with van der Waals surface area (Å²) < 4.78 is 4.83. The quantitative estimate of drug-likeness (QED) is 0.153. The van der Waals surface area contributed by atoms with Crippen molar-refractivity contribution in [1.82, 2.24) is 15.1 Å². The van der Waals surface area contributed by atoms with Crippen molar-refractivity contribution in [2.45, 2.75) is 12.5 Å². The van der Waals surface area contributed by atoms with E-state index in [9.17, 15) is 19.2 Å². The van der Waals surface area contributed by atoms with Gasteiger partial charge in [0.2, 0.25) is 0 Å². The van der Waals surface area contributed by atoms with E-state index in [2.05, 4.69) is 10.3 Å². The van der Waals surface area contributed by atoms with Gasteiger partial charge >= 0.3 is 12.0 Å². The number of halogens is 1. The first-order chi connectivity index (χ1) is 16.3. The van der Waals surface area contributed by atoms with Crippen LogP contribution in [-0.4, -0.2) is 66.3 Å². The Morgan fingerprint density at radius 3 is 2.34 bits per heavy atom. The Kier molecular flexibility index (Phi) is 9.59. The van der Waals surface area contributed by atoms with E-state index in [4.69, 9.17) is 16.2 Å². The molecule has 1 unspecified atom stereocenters. The number of guanidine groups is 1. The molecule has 0 spiro atoms. The van der Waals surface area contributed by atoms with Gasteiger partial charge in [-0.1, -0.05) is 30.3 Å². The summed E-state index contributed by atoms with van der Waals surface area (Å²) in [7, 11) is 1.21. The molecule has 186 valence electrons. The molecule has 1 saturated heterocycles. The SMILES string of the molecule is COC(=O)C(c1ccccc1)N1C(=O)CN(CCCNC(=O)c2ccc(N=C(N)N)cc2)C1=O.Cl. The molecule has 3 rings (SSSR count). The van der Waals surface area contributed by atoms with E-state index in [-0.39, 0.29) is 43.9 Å². The van der Waals surface area contributed by atoms with Crippen molar-refractivity contribution in [1.29, 1.82) is 0 Å². The maximum atomic E-state index is 12.9. The molecule has 12 heteroatoms. The second kappa shape index (κ2) is 12.4. The van der Waals surface area contributed by atoms with Gasteiger partial charge in [-0.25, -0.2) is 19.5 Å². The Labute approximate surface area is 208 Å². The maximum Gasteiger partial charge on any atom is 0.333 e. The lowest BCUT2D eigenvalue weighted by atomic mass is 10.1. The highest BCUT2D eigenvalue weighted by molar-refractivity contribution is 6.05. The molecule has 1 aliphatic heterocycles. The van der Waals surface area contributed by atoms with Crippen LogP contribution >= 0.6 is 12.4 Å². The number of rotatable bonds is 9. The molecule has 0 radical (unpaired) electrons. The van der Waals surface area contributed by atoms with Crippen molar-refractivity contribution in [2.24, 2.45) is 16.5 Å². The molecule has 2 aromatic rings. The van der Waals surface area contributed by atoms with E-state index in [0.29, 0.717) is 23.2 Å². The van der Waals surface area contributed by atoms with Gasteiger partial charge in [-0.15, -0.1) is 12.4 Å². The number of methoxy groups -OCH3 is 1. The van der Waals surface area contributed by atoms with Crippen LogP contribution in [0.15, 0.2) is 59.6 Å². The van der Waals surface area contributed by atoms with Crippen LogP contribution in [0.5, 0.6) is 0 Å². The topological polar surface area (TPSA) is 160 Å². The monoisotopic (exact) mass is 502 g/mol. The van der Waals surface area contributed by atoms with E-state index in [1.165, 1.54) is 12.0 Å². The first kappa shape index (κ1) is 27.1. The molecular weight excluding hydrogens is 476 g/mol. The second-order valence-electron chi connectivity index (χ2n) is 7.50. The zero-order valence-corrected chi connectivity index (χ0v) is 19.9. The van der Waals surface area contributed by atoms with Crippen LogP contribution in [0.3, 0.4) is 0 Å². The van der Waals surface area contributed by atoms with Gasteiger partial charge in [0, 0.05) is 18.7 Å². The van der Waals surface area contributed by atoms with Crippen LogP contribution < -0.4 is 16.8 Å². The molecule has 5 N–H and O–H groups in total. The minimum absolute atomic E-state index is 0. The predicted octanol–water partition coefficient (Wildman–Crippen LogP) is 1.31. The standard InChI is InChI=1S/C23H26N6O5.ClH/c1-34-21(32)19(15-6-3-2-4-7-15)29-18(30)14-28(23(29)33)13-5-12-26-20(31)16-8-10-17(11-9-16)27-22(24)25;/h2-4,6-11,19H,5,12-14H2,1H3,(H,26,31)(H4,24,25,27);1H. The van der Waals surface area contributed by atoms with Crippen LogP contribution in [-0.2, 0) is 14.3 Å². The number of hydrogen-bond donors (Lipinski definition) is 3. The van der Waals surface area contributed by atoms with Crippen molar-refractivity contribution < 1.29 is 23.9 Å². The number of hydrogen-bond acceptors (Lipinski definition) is 6. The Hall–Kier alpha value is -4.12. The molecule has 1 fully saturated rings. The highest BCUT2D eigenvalue weighted by Crippen LogP contribution is 2.27. The minimum atomic E-state index is -1.15. The van der Waals surface area contributed by atoms with Gasteiger partial charge in [0.05, 0.1) is 12.8 Å². The Bertz CT molecular complexity index is 1090. The molecule has 0 bridgehead atoms. The second-order valence-corrected chi connectivity index (χ2v) is 7.50. The maximum absolute atomic E-state index is 12.9. The number of imide groups is 1. The number of benzene rings is 2. The first-order valence-electron chi connectivity index (χ1n) is 10.5. The van der Waals surface area contributed by atoms with Crippen molar-refractivity contribution in [3.63, 3.8) is 0 Å². The lowest BCUT2D eigenvalue weighted by molar-refractivity contribution is -0.149. The fourth-order valence-electron chi connectivity index (χ4n) is 3.54. The zero-order valence-electron chi connectivity index (χ0n) is 19.0. The minimum Gasteiger partial charge on any atom is -0.467 e. The number of amides is 4. The largest absolute Gasteiger partial charge is 0.467 e. The van der Waals surface area contributed by atoms with Crippen LogP contribution in [0.1, 0.15) is 28.4 Å². The van der Waals surface area contributed by atoms with Gasteiger partial charge in [0.25, 0.3) is 11.8 Å². The third-order valence-corrected chi connectivity index (χ3v) is 5.15. The lowest BCUT2D eigenvalue weighted by Gasteiger charge is -2.24. The number of carbonyl (C=O) groups is 4.